The molecule has 0 saturated carbocycles. The molecule has 1 fully saturated rings. The van der Waals surface area contributed by atoms with Crippen molar-refractivity contribution in [3.63, 3.8) is 0 Å². The van der Waals surface area contributed by atoms with E-state index in [0.29, 0.717) is 30.9 Å². The molecule has 2 aromatic rings. The zero-order valence-corrected chi connectivity index (χ0v) is 20.6. The quantitative estimate of drug-likeness (QED) is 0.373. The van der Waals surface area contributed by atoms with Crippen molar-refractivity contribution in [1.82, 2.24) is 15.7 Å². The van der Waals surface area contributed by atoms with Crippen LogP contribution >= 0.6 is 0 Å². The molecule has 1 unspecified atom stereocenters. The molecule has 0 spiro atoms. The number of amides is 3. The summed E-state index contributed by atoms with van der Waals surface area (Å²) in [4.78, 5) is 38.9. The average molecular weight is 484 g/mol. The Bertz CT molecular complexity index is 1050. The number of carbonyl (C=O) groups excluding carboxylic acids is 3. The summed E-state index contributed by atoms with van der Waals surface area (Å²) >= 11 is 0. The number of hydrogen-bond acceptors (Lipinski definition) is 6. The number of aryl methyl sites for hydroxylation is 2. The summed E-state index contributed by atoms with van der Waals surface area (Å²) in [5, 5.41) is 11.6. The zero-order valence-electron chi connectivity index (χ0n) is 20.6. The van der Waals surface area contributed by atoms with Crippen LogP contribution in [0.25, 0.3) is 0 Å². The van der Waals surface area contributed by atoms with E-state index in [0.717, 1.165) is 5.56 Å². The maximum Gasteiger partial charge on any atom is 0.407 e. The summed E-state index contributed by atoms with van der Waals surface area (Å²) in [7, 11) is 0. The van der Waals surface area contributed by atoms with Gasteiger partial charge in [-0.1, -0.05) is 41.5 Å². The molecular weight excluding hydrogens is 450 g/mol. The van der Waals surface area contributed by atoms with Crippen molar-refractivity contribution in [2.45, 2.75) is 52.2 Å². The smallest absolute Gasteiger partial charge is 0.407 e. The van der Waals surface area contributed by atoms with Gasteiger partial charge in [-0.05, 0) is 57.4 Å². The van der Waals surface area contributed by atoms with E-state index in [-0.39, 0.29) is 19.1 Å². The fraction of sp³-hybridized carbons (Fsp3) is 0.423. The highest BCUT2D eigenvalue weighted by molar-refractivity contribution is 5.95. The van der Waals surface area contributed by atoms with Crippen LogP contribution in [0.15, 0.2) is 42.5 Å². The summed E-state index contributed by atoms with van der Waals surface area (Å²) < 4.78 is 11.3. The van der Waals surface area contributed by atoms with Crippen LogP contribution in [0.2, 0.25) is 0 Å². The van der Waals surface area contributed by atoms with Crippen LogP contribution in [-0.2, 0) is 26.3 Å². The summed E-state index contributed by atoms with van der Waals surface area (Å²) in [5.74, 6) is -0.390. The Hall–Kier alpha value is -3.59. The fourth-order valence-electron chi connectivity index (χ4n) is 4.46. The number of hydroxylamine groups is 1. The lowest BCUT2D eigenvalue weighted by molar-refractivity contribution is -0.144. The third-order valence-electron chi connectivity index (χ3n) is 6.27. The molecule has 1 saturated heterocycles. The SMILES string of the molecule is CCNC(=O)OCC1(c2ccc(OCc3cc(C)cc(C)c3)cc2)CCN([C@H](C)C(=O)NO)C1=O. The van der Waals surface area contributed by atoms with Crippen LogP contribution < -0.4 is 15.5 Å². The van der Waals surface area contributed by atoms with Crippen molar-refractivity contribution in [1.29, 1.82) is 0 Å². The van der Waals surface area contributed by atoms with Crippen LogP contribution in [0.5, 0.6) is 5.75 Å². The standard InChI is InChI=1S/C26H33N3O6/c1-5-27-25(32)35-16-26(10-11-29(24(26)31)19(4)23(30)28-33)21-6-8-22(9-7-21)34-15-20-13-17(2)12-18(3)14-20/h6-9,12-14,19,33H,5,10-11,15-16H2,1-4H3,(H,27,32)(H,28,30)/t19-,26?/m1/s1. The van der Waals surface area contributed by atoms with Gasteiger partial charge in [0.15, 0.2) is 0 Å². The van der Waals surface area contributed by atoms with Crippen molar-refractivity contribution in [3.05, 3.63) is 64.7 Å². The molecule has 2 atom stereocenters. The highest BCUT2D eigenvalue weighted by Gasteiger charge is 2.51. The van der Waals surface area contributed by atoms with Gasteiger partial charge in [-0.15, -0.1) is 0 Å². The second-order valence-corrected chi connectivity index (χ2v) is 8.90. The minimum Gasteiger partial charge on any atom is -0.489 e. The van der Waals surface area contributed by atoms with Gasteiger partial charge >= 0.3 is 6.09 Å². The molecule has 0 bridgehead atoms. The Morgan fingerprint density at radius 1 is 1.14 bits per heavy atom. The topological polar surface area (TPSA) is 117 Å². The molecule has 9 nitrogen and oxygen atoms in total. The van der Waals surface area contributed by atoms with Gasteiger partial charge in [0.1, 0.15) is 30.4 Å². The molecule has 188 valence electrons. The van der Waals surface area contributed by atoms with E-state index in [4.69, 9.17) is 14.7 Å². The van der Waals surface area contributed by atoms with E-state index in [9.17, 15) is 14.4 Å². The Morgan fingerprint density at radius 3 is 2.40 bits per heavy atom. The van der Waals surface area contributed by atoms with Gasteiger partial charge in [0.2, 0.25) is 5.91 Å². The Labute approximate surface area is 205 Å². The third kappa shape index (κ3) is 5.92. The van der Waals surface area contributed by atoms with Gasteiger partial charge in [-0.3, -0.25) is 14.8 Å². The first-order valence-corrected chi connectivity index (χ1v) is 11.7. The lowest BCUT2D eigenvalue weighted by Crippen LogP contribution is -2.49. The molecular formula is C26H33N3O6. The number of nitrogens with zero attached hydrogens (tertiary/aromatic N) is 1. The van der Waals surface area contributed by atoms with Crippen LogP contribution in [0.4, 0.5) is 4.79 Å². The third-order valence-corrected chi connectivity index (χ3v) is 6.27. The lowest BCUT2D eigenvalue weighted by atomic mass is 9.79. The van der Waals surface area contributed by atoms with Gasteiger partial charge in [-0.25, -0.2) is 10.3 Å². The van der Waals surface area contributed by atoms with Crippen molar-refractivity contribution >= 4 is 17.9 Å². The van der Waals surface area contributed by atoms with Gasteiger partial charge in [0, 0.05) is 13.1 Å². The highest BCUT2D eigenvalue weighted by atomic mass is 16.5. The number of rotatable bonds is 9. The number of carbonyl (C=O) groups is 3. The van der Waals surface area contributed by atoms with E-state index in [1.54, 1.807) is 36.7 Å². The molecule has 3 N–H and O–H groups in total. The molecule has 1 aliphatic heterocycles. The molecule has 3 rings (SSSR count). The number of benzene rings is 2. The maximum absolute atomic E-state index is 13.5. The Morgan fingerprint density at radius 2 is 1.80 bits per heavy atom. The van der Waals surface area contributed by atoms with E-state index in [2.05, 4.69) is 23.5 Å². The monoisotopic (exact) mass is 483 g/mol. The highest BCUT2D eigenvalue weighted by Crippen LogP contribution is 2.38. The van der Waals surface area contributed by atoms with E-state index in [1.165, 1.54) is 23.0 Å². The molecule has 0 aromatic heterocycles. The summed E-state index contributed by atoms with van der Waals surface area (Å²) in [5.41, 5.74) is 4.50. The molecule has 9 heteroatoms. The molecule has 1 heterocycles. The average Bonchev–Trinajstić information content (AvgIpc) is 3.17. The maximum atomic E-state index is 13.5. The van der Waals surface area contributed by atoms with Gasteiger partial charge < -0.3 is 19.7 Å². The van der Waals surface area contributed by atoms with Crippen LogP contribution in [0, 0.1) is 13.8 Å². The first kappa shape index (κ1) is 26.0. The first-order chi connectivity index (χ1) is 16.7. The second-order valence-electron chi connectivity index (χ2n) is 8.90. The number of hydrogen-bond donors (Lipinski definition) is 3. The predicted molar refractivity (Wildman–Crippen MR) is 129 cm³/mol. The predicted octanol–water partition coefficient (Wildman–Crippen LogP) is 2.99. The molecule has 2 aromatic carbocycles. The summed E-state index contributed by atoms with van der Waals surface area (Å²) in [6.45, 7) is 8.29. The van der Waals surface area contributed by atoms with Crippen LogP contribution in [-0.4, -0.2) is 53.8 Å². The minimum atomic E-state index is -1.15. The largest absolute Gasteiger partial charge is 0.489 e. The molecule has 0 radical (unpaired) electrons. The minimum absolute atomic E-state index is 0.176. The van der Waals surface area contributed by atoms with E-state index >= 15 is 0 Å². The van der Waals surface area contributed by atoms with Crippen molar-refractivity contribution < 1.29 is 29.1 Å². The first-order valence-electron chi connectivity index (χ1n) is 11.7. The second kappa shape index (κ2) is 11.2. The van der Waals surface area contributed by atoms with Crippen LogP contribution in [0.1, 0.15) is 42.5 Å². The number of ether oxygens (including phenoxy) is 2. The zero-order chi connectivity index (χ0) is 25.6. The molecule has 35 heavy (non-hydrogen) atoms. The fourth-order valence-corrected chi connectivity index (χ4v) is 4.46. The number of likely N-dealkylation sites (tertiary alicyclic amines) is 1. The van der Waals surface area contributed by atoms with Gasteiger partial charge in [-0.2, -0.15) is 0 Å². The number of alkyl carbamates (subject to hydrolysis) is 1. The molecule has 3 amide bonds. The molecule has 0 aliphatic carbocycles. The normalized spacial score (nSPS) is 18.2. The Balaban J connectivity index is 1.81. The summed E-state index contributed by atoms with van der Waals surface area (Å²) in [6.07, 6.45) is -0.274. The Kier molecular flexibility index (Phi) is 8.34. The van der Waals surface area contributed by atoms with Crippen molar-refractivity contribution in [2.75, 3.05) is 19.7 Å². The number of nitrogens with one attached hydrogen (secondary N) is 2. The molecule has 1 aliphatic rings. The summed E-state index contributed by atoms with van der Waals surface area (Å²) in [6, 6.07) is 12.5. The van der Waals surface area contributed by atoms with Gasteiger partial charge in [0.05, 0.1) is 0 Å². The van der Waals surface area contributed by atoms with E-state index in [1.807, 2.05) is 13.8 Å². The van der Waals surface area contributed by atoms with E-state index < -0.39 is 23.5 Å². The van der Waals surface area contributed by atoms with Crippen molar-refractivity contribution in [3.8, 4) is 5.75 Å². The van der Waals surface area contributed by atoms with Gasteiger partial charge in [0.25, 0.3) is 5.91 Å². The van der Waals surface area contributed by atoms with Crippen molar-refractivity contribution in [2.24, 2.45) is 0 Å². The van der Waals surface area contributed by atoms with Crippen LogP contribution in [0.3, 0.4) is 0 Å². The lowest BCUT2D eigenvalue weighted by Gasteiger charge is -2.30.